The van der Waals surface area contributed by atoms with E-state index in [0.29, 0.717) is 31.1 Å². The van der Waals surface area contributed by atoms with Crippen LogP contribution in [0.2, 0.25) is 0 Å². The largest absolute Gasteiger partial charge is 0.493 e. The van der Waals surface area contributed by atoms with Gasteiger partial charge in [-0.05, 0) is 24.3 Å². The molecule has 0 saturated carbocycles. The Bertz CT molecular complexity index is 896. The summed E-state index contributed by atoms with van der Waals surface area (Å²) in [6.07, 6.45) is 1.65. The SMILES string of the molecule is COc1cccc2cc(C(=O)NC[C@H](c3ccco3)N3CCOCC3)oc12. The third-order valence-electron chi connectivity index (χ3n) is 4.77. The Hall–Kier alpha value is -2.77. The van der Waals surface area contributed by atoms with Crippen molar-refractivity contribution in [3.8, 4) is 5.75 Å². The highest BCUT2D eigenvalue weighted by molar-refractivity contribution is 5.97. The van der Waals surface area contributed by atoms with Gasteiger partial charge in [-0.3, -0.25) is 9.69 Å². The molecule has 1 atom stereocenters. The number of nitrogens with one attached hydrogen (secondary N) is 1. The van der Waals surface area contributed by atoms with E-state index in [1.165, 1.54) is 0 Å². The zero-order valence-electron chi connectivity index (χ0n) is 15.1. The molecule has 0 radical (unpaired) electrons. The van der Waals surface area contributed by atoms with Gasteiger partial charge in [0, 0.05) is 25.0 Å². The third kappa shape index (κ3) is 3.70. The smallest absolute Gasteiger partial charge is 0.287 e. The van der Waals surface area contributed by atoms with Gasteiger partial charge in [-0.1, -0.05) is 12.1 Å². The first-order valence-corrected chi connectivity index (χ1v) is 8.96. The molecule has 7 heteroatoms. The van der Waals surface area contributed by atoms with Crippen molar-refractivity contribution < 1.29 is 23.1 Å². The fraction of sp³-hybridized carbons (Fsp3) is 0.350. The van der Waals surface area contributed by atoms with Crippen LogP contribution in [0.4, 0.5) is 0 Å². The van der Waals surface area contributed by atoms with Gasteiger partial charge in [-0.15, -0.1) is 0 Å². The normalized spacial score (nSPS) is 16.3. The quantitative estimate of drug-likeness (QED) is 0.719. The van der Waals surface area contributed by atoms with E-state index in [0.717, 1.165) is 24.2 Å². The molecule has 4 rings (SSSR count). The van der Waals surface area contributed by atoms with E-state index in [2.05, 4.69) is 10.2 Å². The van der Waals surface area contributed by atoms with Gasteiger partial charge in [0.15, 0.2) is 17.1 Å². The third-order valence-corrected chi connectivity index (χ3v) is 4.77. The molecule has 7 nitrogen and oxygen atoms in total. The lowest BCUT2D eigenvalue weighted by molar-refractivity contribution is 0.0117. The summed E-state index contributed by atoms with van der Waals surface area (Å²) < 4.78 is 22.0. The minimum atomic E-state index is -0.266. The maximum atomic E-state index is 12.7. The number of furan rings is 2. The Balaban J connectivity index is 1.49. The summed E-state index contributed by atoms with van der Waals surface area (Å²) in [6.45, 7) is 3.36. The lowest BCUT2D eigenvalue weighted by Crippen LogP contribution is -2.43. The van der Waals surface area contributed by atoms with E-state index in [9.17, 15) is 4.79 Å². The van der Waals surface area contributed by atoms with Crippen LogP contribution in [0.25, 0.3) is 11.0 Å². The number of morpholine rings is 1. The topological polar surface area (TPSA) is 77.1 Å². The van der Waals surface area contributed by atoms with Crippen molar-refractivity contribution in [3.63, 3.8) is 0 Å². The molecule has 2 aromatic heterocycles. The molecule has 1 saturated heterocycles. The number of methoxy groups -OCH3 is 1. The molecule has 3 heterocycles. The maximum absolute atomic E-state index is 12.7. The zero-order valence-corrected chi connectivity index (χ0v) is 15.1. The number of hydrogen-bond acceptors (Lipinski definition) is 6. The van der Waals surface area contributed by atoms with Crippen LogP contribution in [0.5, 0.6) is 5.75 Å². The molecule has 0 spiro atoms. The number of fused-ring (bicyclic) bond motifs is 1. The molecule has 3 aromatic rings. The first kappa shape index (κ1) is 17.6. The van der Waals surface area contributed by atoms with Crippen molar-refractivity contribution in [2.45, 2.75) is 6.04 Å². The highest BCUT2D eigenvalue weighted by Crippen LogP contribution is 2.28. The summed E-state index contributed by atoms with van der Waals surface area (Å²) in [5.74, 6) is 1.42. The number of ether oxygens (including phenoxy) is 2. The number of carbonyl (C=O) groups excluding carboxylic acids is 1. The second-order valence-electron chi connectivity index (χ2n) is 6.38. The van der Waals surface area contributed by atoms with E-state index >= 15 is 0 Å². The molecule has 0 bridgehead atoms. The van der Waals surface area contributed by atoms with Crippen LogP contribution in [-0.4, -0.2) is 50.8 Å². The van der Waals surface area contributed by atoms with Gasteiger partial charge < -0.3 is 23.6 Å². The fourth-order valence-corrected chi connectivity index (χ4v) is 3.37. The number of hydrogen-bond donors (Lipinski definition) is 1. The predicted octanol–water partition coefficient (Wildman–Crippen LogP) is 2.84. The number of carbonyl (C=O) groups is 1. The highest BCUT2D eigenvalue weighted by Gasteiger charge is 2.26. The molecule has 1 fully saturated rings. The first-order chi connectivity index (χ1) is 13.3. The molecular formula is C20H22N2O5. The molecule has 1 aliphatic heterocycles. The minimum Gasteiger partial charge on any atom is -0.493 e. The second kappa shape index (κ2) is 7.85. The van der Waals surface area contributed by atoms with Crippen LogP contribution in [-0.2, 0) is 4.74 Å². The predicted molar refractivity (Wildman–Crippen MR) is 98.9 cm³/mol. The van der Waals surface area contributed by atoms with Crippen molar-refractivity contribution in [2.24, 2.45) is 0 Å². The fourth-order valence-electron chi connectivity index (χ4n) is 3.37. The lowest BCUT2D eigenvalue weighted by atomic mass is 10.1. The lowest BCUT2D eigenvalue weighted by Gasteiger charge is -2.33. The standard InChI is InChI=1S/C20H22N2O5/c1-24-17-5-2-4-14-12-18(27-19(14)17)20(23)21-13-15(16-6-3-9-26-16)22-7-10-25-11-8-22/h2-6,9,12,15H,7-8,10-11,13H2,1H3,(H,21,23)/t15-/m1/s1. The van der Waals surface area contributed by atoms with Gasteiger partial charge in [0.2, 0.25) is 0 Å². The summed E-state index contributed by atoms with van der Waals surface area (Å²) in [6, 6.07) is 11.0. The van der Waals surface area contributed by atoms with E-state index < -0.39 is 0 Å². The molecule has 1 N–H and O–H groups in total. The number of para-hydroxylation sites is 1. The second-order valence-corrected chi connectivity index (χ2v) is 6.38. The van der Waals surface area contributed by atoms with Gasteiger partial charge in [-0.2, -0.15) is 0 Å². The molecule has 142 valence electrons. The molecular weight excluding hydrogens is 348 g/mol. The molecule has 27 heavy (non-hydrogen) atoms. The van der Waals surface area contributed by atoms with Gasteiger partial charge in [-0.25, -0.2) is 0 Å². The Morgan fingerprint density at radius 3 is 2.85 bits per heavy atom. The summed E-state index contributed by atoms with van der Waals surface area (Å²) in [4.78, 5) is 14.9. The van der Waals surface area contributed by atoms with E-state index in [1.54, 1.807) is 25.5 Å². The van der Waals surface area contributed by atoms with Crippen LogP contribution in [0.15, 0.2) is 51.5 Å². The van der Waals surface area contributed by atoms with Gasteiger partial charge in [0.1, 0.15) is 5.76 Å². The number of benzene rings is 1. The average molecular weight is 370 g/mol. The molecule has 1 aromatic carbocycles. The van der Waals surface area contributed by atoms with Crippen molar-refractivity contribution in [3.05, 3.63) is 54.2 Å². The first-order valence-electron chi connectivity index (χ1n) is 8.96. The Labute approximate surface area is 156 Å². The molecule has 0 aliphatic carbocycles. The van der Waals surface area contributed by atoms with Crippen LogP contribution < -0.4 is 10.1 Å². The van der Waals surface area contributed by atoms with Gasteiger partial charge >= 0.3 is 0 Å². The van der Waals surface area contributed by atoms with Gasteiger partial charge in [0.05, 0.1) is 32.6 Å². The Morgan fingerprint density at radius 1 is 1.26 bits per heavy atom. The van der Waals surface area contributed by atoms with Crippen LogP contribution in [0, 0.1) is 0 Å². The van der Waals surface area contributed by atoms with Crippen LogP contribution in [0.3, 0.4) is 0 Å². The Kier molecular flexibility index (Phi) is 5.13. The van der Waals surface area contributed by atoms with Crippen molar-refractivity contribution in [1.29, 1.82) is 0 Å². The molecule has 1 aliphatic rings. The maximum Gasteiger partial charge on any atom is 0.287 e. The van der Waals surface area contributed by atoms with Crippen molar-refractivity contribution >= 4 is 16.9 Å². The molecule has 0 unspecified atom stereocenters. The van der Waals surface area contributed by atoms with E-state index in [1.807, 2.05) is 24.3 Å². The summed E-state index contributed by atoms with van der Waals surface area (Å²) in [5, 5.41) is 3.80. The van der Waals surface area contributed by atoms with E-state index in [-0.39, 0.29) is 17.7 Å². The zero-order chi connectivity index (χ0) is 18.6. The van der Waals surface area contributed by atoms with E-state index in [4.69, 9.17) is 18.3 Å². The minimum absolute atomic E-state index is 0.0493. The summed E-state index contributed by atoms with van der Waals surface area (Å²) >= 11 is 0. The summed E-state index contributed by atoms with van der Waals surface area (Å²) in [7, 11) is 1.58. The Morgan fingerprint density at radius 2 is 2.11 bits per heavy atom. The molecule has 1 amide bonds. The number of nitrogens with zero attached hydrogens (tertiary/aromatic N) is 1. The number of rotatable bonds is 6. The highest BCUT2D eigenvalue weighted by atomic mass is 16.5. The number of amides is 1. The van der Waals surface area contributed by atoms with Crippen molar-refractivity contribution in [1.82, 2.24) is 10.2 Å². The average Bonchev–Trinajstić information content (AvgIpc) is 3.38. The van der Waals surface area contributed by atoms with Crippen LogP contribution >= 0.6 is 0 Å². The van der Waals surface area contributed by atoms with Crippen molar-refractivity contribution in [2.75, 3.05) is 40.0 Å². The van der Waals surface area contributed by atoms with Crippen LogP contribution in [0.1, 0.15) is 22.4 Å². The van der Waals surface area contributed by atoms with Gasteiger partial charge in [0.25, 0.3) is 5.91 Å². The summed E-state index contributed by atoms with van der Waals surface area (Å²) in [5.41, 5.74) is 0.570. The monoisotopic (exact) mass is 370 g/mol.